The molecule has 0 aliphatic rings. The number of nitrogens with zero attached hydrogens (tertiary/aromatic N) is 1. The number of halogens is 1. The normalized spacial score (nSPS) is 16.8. The monoisotopic (exact) mass is 149 g/mol. The summed E-state index contributed by atoms with van der Waals surface area (Å²) in [7, 11) is 0. The molecule has 0 aliphatic carbocycles. The van der Waals surface area contributed by atoms with E-state index in [1.165, 1.54) is 0 Å². The van der Waals surface area contributed by atoms with Crippen LogP contribution in [0.4, 0.5) is 0 Å². The van der Waals surface area contributed by atoms with Crippen molar-refractivity contribution in [3.8, 4) is 0 Å². The van der Waals surface area contributed by atoms with E-state index in [1.807, 2.05) is 6.92 Å². The Kier molecular flexibility index (Phi) is 4.68. The summed E-state index contributed by atoms with van der Waals surface area (Å²) in [6.45, 7) is 3.77. The van der Waals surface area contributed by atoms with Gasteiger partial charge in [-0.15, -0.1) is 11.6 Å². The first-order valence-electron chi connectivity index (χ1n) is 3.19. The summed E-state index contributed by atoms with van der Waals surface area (Å²) >= 11 is 5.74. The van der Waals surface area contributed by atoms with E-state index in [1.54, 1.807) is 6.92 Å². The largest absolute Gasteiger partial charge is 0.150 e. The first-order valence-corrected chi connectivity index (χ1v) is 3.62. The topological polar surface area (TPSA) is 29.4 Å². The zero-order chi connectivity index (χ0) is 7.28. The molecule has 54 valence electrons. The van der Waals surface area contributed by atoms with Crippen LogP contribution in [0.3, 0.4) is 0 Å². The number of hydrogen-bond acceptors (Lipinski definition) is 2. The van der Waals surface area contributed by atoms with Gasteiger partial charge in [0.2, 0.25) is 0 Å². The minimum Gasteiger partial charge on any atom is -0.150 e. The van der Waals surface area contributed by atoms with Crippen molar-refractivity contribution in [3.63, 3.8) is 0 Å². The molecule has 0 amide bonds. The average molecular weight is 150 g/mol. The smallest absolute Gasteiger partial charge is 0.105 e. The fraction of sp³-hybridized carbons (Fsp3) is 1.00. The third kappa shape index (κ3) is 3.46. The number of nitroso groups, excluding NO2 is 1. The van der Waals surface area contributed by atoms with E-state index in [-0.39, 0.29) is 11.4 Å². The highest BCUT2D eigenvalue weighted by atomic mass is 35.5. The highest BCUT2D eigenvalue weighted by molar-refractivity contribution is 6.21. The molecular weight excluding hydrogens is 138 g/mol. The van der Waals surface area contributed by atoms with Gasteiger partial charge < -0.3 is 0 Å². The Morgan fingerprint density at radius 1 is 1.67 bits per heavy atom. The van der Waals surface area contributed by atoms with Crippen molar-refractivity contribution in [2.75, 3.05) is 0 Å². The predicted molar refractivity (Wildman–Crippen MR) is 39.8 cm³/mol. The molecule has 0 fully saturated rings. The molecule has 0 radical (unpaired) electrons. The maximum Gasteiger partial charge on any atom is 0.105 e. The van der Waals surface area contributed by atoms with E-state index in [2.05, 4.69) is 5.18 Å². The van der Waals surface area contributed by atoms with Crippen LogP contribution in [0.2, 0.25) is 0 Å². The van der Waals surface area contributed by atoms with Crippen LogP contribution in [-0.4, -0.2) is 11.4 Å². The molecule has 2 atom stereocenters. The lowest BCUT2D eigenvalue weighted by molar-refractivity contribution is 0.623. The minimum atomic E-state index is -0.244. The second-order valence-corrected chi connectivity index (χ2v) is 2.71. The molecule has 0 saturated heterocycles. The Morgan fingerprint density at radius 2 is 2.22 bits per heavy atom. The van der Waals surface area contributed by atoms with Crippen LogP contribution in [0.1, 0.15) is 26.7 Å². The van der Waals surface area contributed by atoms with Gasteiger partial charge in [0, 0.05) is 0 Å². The molecule has 0 N–H and O–H groups in total. The lowest BCUT2D eigenvalue weighted by atomic mass is 10.1. The maximum absolute atomic E-state index is 9.89. The molecular formula is C6H12ClNO. The Hall–Kier alpha value is -0.110. The summed E-state index contributed by atoms with van der Waals surface area (Å²) < 4.78 is 0. The summed E-state index contributed by atoms with van der Waals surface area (Å²) in [6.07, 6.45) is 1.88. The summed E-state index contributed by atoms with van der Waals surface area (Å²) in [5, 5.41) is 2.75. The molecule has 3 heteroatoms. The lowest BCUT2D eigenvalue weighted by Gasteiger charge is -2.07. The Balaban J connectivity index is 3.44. The molecule has 0 rings (SSSR count). The highest BCUT2D eigenvalue weighted by Gasteiger charge is 2.12. The third-order valence-corrected chi connectivity index (χ3v) is 1.84. The minimum absolute atomic E-state index is 0.0764. The first-order chi connectivity index (χ1) is 4.22. The number of alkyl halides is 1. The van der Waals surface area contributed by atoms with Gasteiger partial charge in [0.05, 0.1) is 5.38 Å². The van der Waals surface area contributed by atoms with Gasteiger partial charge in [-0.1, -0.05) is 18.5 Å². The fourth-order valence-electron chi connectivity index (χ4n) is 0.583. The summed E-state index contributed by atoms with van der Waals surface area (Å²) in [4.78, 5) is 9.89. The van der Waals surface area contributed by atoms with Gasteiger partial charge in [0.1, 0.15) is 6.04 Å². The number of hydrogen-bond donors (Lipinski definition) is 0. The van der Waals surface area contributed by atoms with Gasteiger partial charge >= 0.3 is 0 Å². The molecule has 0 aliphatic heterocycles. The van der Waals surface area contributed by atoms with Crippen molar-refractivity contribution < 1.29 is 0 Å². The predicted octanol–water partition coefficient (Wildman–Crippen LogP) is 2.55. The van der Waals surface area contributed by atoms with Crippen LogP contribution in [0.25, 0.3) is 0 Å². The Labute approximate surface area is 60.6 Å². The summed E-state index contributed by atoms with van der Waals surface area (Å²) in [5.74, 6) is 0. The van der Waals surface area contributed by atoms with Gasteiger partial charge in [-0.05, 0) is 13.3 Å². The van der Waals surface area contributed by atoms with E-state index >= 15 is 0 Å². The molecule has 2 unspecified atom stereocenters. The average Bonchev–Trinajstić information content (AvgIpc) is 1.87. The van der Waals surface area contributed by atoms with E-state index < -0.39 is 0 Å². The fourth-order valence-corrected chi connectivity index (χ4v) is 0.847. The van der Waals surface area contributed by atoms with Crippen LogP contribution in [0.5, 0.6) is 0 Å². The second-order valence-electron chi connectivity index (χ2n) is 2.15. The van der Waals surface area contributed by atoms with Crippen molar-refractivity contribution in [2.24, 2.45) is 5.18 Å². The van der Waals surface area contributed by atoms with Crippen LogP contribution >= 0.6 is 11.6 Å². The van der Waals surface area contributed by atoms with Gasteiger partial charge in [-0.25, -0.2) is 0 Å². The molecule has 0 heterocycles. The molecule has 0 spiro atoms. The standard InChI is InChI=1S/C6H12ClNO/c1-3-4-6(7)5(2)8-9/h5-6H,3-4H2,1-2H3. The van der Waals surface area contributed by atoms with Crippen molar-refractivity contribution >= 4 is 11.6 Å². The first kappa shape index (κ1) is 8.89. The Morgan fingerprint density at radius 3 is 2.56 bits per heavy atom. The molecule has 0 bridgehead atoms. The number of rotatable bonds is 4. The SMILES string of the molecule is CCCC(Cl)C(C)N=O. The van der Waals surface area contributed by atoms with Crippen LogP contribution < -0.4 is 0 Å². The van der Waals surface area contributed by atoms with Gasteiger partial charge in [0.15, 0.2) is 0 Å². The van der Waals surface area contributed by atoms with Crippen molar-refractivity contribution in [3.05, 3.63) is 4.91 Å². The van der Waals surface area contributed by atoms with Crippen LogP contribution in [0.15, 0.2) is 5.18 Å². The zero-order valence-corrected chi connectivity index (χ0v) is 6.56. The van der Waals surface area contributed by atoms with Crippen molar-refractivity contribution in [1.82, 2.24) is 0 Å². The molecule has 0 aromatic heterocycles. The quantitative estimate of drug-likeness (QED) is 0.446. The third-order valence-electron chi connectivity index (χ3n) is 1.25. The van der Waals surface area contributed by atoms with E-state index in [0.29, 0.717) is 0 Å². The highest BCUT2D eigenvalue weighted by Crippen LogP contribution is 2.11. The van der Waals surface area contributed by atoms with E-state index in [0.717, 1.165) is 12.8 Å². The molecule has 2 nitrogen and oxygen atoms in total. The van der Waals surface area contributed by atoms with Gasteiger partial charge in [-0.3, -0.25) is 0 Å². The summed E-state index contributed by atoms with van der Waals surface area (Å²) in [6, 6.07) is -0.244. The molecule has 0 aromatic carbocycles. The van der Waals surface area contributed by atoms with Crippen LogP contribution in [0, 0.1) is 4.91 Å². The van der Waals surface area contributed by atoms with E-state index in [4.69, 9.17) is 11.6 Å². The summed E-state index contributed by atoms with van der Waals surface area (Å²) in [5.41, 5.74) is 0. The second kappa shape index (κ2) is 4.74. The Bertz CT molecular complexity index is 87.1. The molecule has 0 aromatic rings. The maximum atomic E-state index is 9.89. The van der Waals surface area contributed by atoms with Gasteiger partial charge in [-0.2, -0.15) is 4.91 Å². The van der Waals surface area contributed by atoms with Crippen LogP contribution in [-0.2, 0) is 0 Å². The van der Waals surface area contributed by atoms with Crippen molar-refractivity contribution in [2.45, 2.75) is 38.1 Å². The zero-order valence-electron chi connectivity index (χ0n) is 5.80. The molecule has 0 saturated carbocycles. The lowest BCUT2D eigenvalue weighted by Crippen LogP contribution is -2.13. The van der Waals surface area contributed by atoms with Gasteiger partial charge in [0.25, 0.3) is 0 Å². The molecule has 9 heavy (non-hydrogen) atoms. The van der Waals surface area contributed by atoms with E-state index in [9.17, 15) is 4.91 Å². The van der Waals surface area contributed by atoms with Crippen molar-refractivity contribution in [1.29, 1.82) is 0 Å².